The van der Waals surface area contributed by atoms with Crippen molar-refractivity contribution in [2.75, 3.05) is 4.72 Å². The Bertz CT molecular complexity index is 1330. The van der Waals surface area contributed by atoms with Crippen molar-refractivity contribution >= 4 is 38.1 Å². The molecule has 4 aromatic rings. The van der Waals surface area contributed by atoms with E-state index in [4.69, 9.17) is 0 Å². The molecule has 3 aromatic heterocycles. The van der Waals surface area contributed by atoms with Crippen molar-refractivity contribution in [2.45, 2.75) is 18.1 Å². The second-order valence-corrected chi connectivity index (χ2v) is 9.09. The van der Waals surface area contributed by atoms with Crippen molar-refractivity contribution < 1.29 is 8.42 Å². The van der Waals surface area contributed by atoms with Crippen molar-refractivity contribution in [3.63, 3.8) is 0 Å². The topological polar surface area (TPSA) is 101 Å². The summed E-state index contributed by atoms with van der Waals surface area (Å²) in [5.41, 5.74) is 2.89. The van der Waals surface area contributed by atoms with Gasteiger partial charge in [-0.15, -0.1) is 11.3 Å². The lowest BCUT2D eigenvalue weighted by Crippen LogP contribution is -2.16. The molecule has 0 bridgehead atoms. The van der Waals surface area contributed by atoms with Gasteiger partial charge in [-0.05, 0) is 42.5 Å². The van der Waals surface area contributed by atoms with E-state index in [1.807, 2.05) is 44.2 Å². The summed E-state index contributed by atoms with van der Waals surface area (Å²) in [5, 5.41) is 16.3. The van der Waals surface area contributed by atoms with Gasteiger partial charge in [0.05, 0.1) is 11.7 Å². The molecule has 0 aliphatic heterocycles. The van der Waals surface area contributed by atoms with Crippen LogP contribution < -0.4 is 4.72 Å². The van der Waals surface area contributed by atoms with Gasteiger partial charge in [0.2, 0.25) is 0 Å². The van der Waals surface area contributed by atoms with Gasteiger partial charge in [0.25, 0.3) is 10.0 Å². The Morgan fingerprint density at radius 3 is 2.71 bits per heavy atom. The summed E-state index contributed by atoms with van der Waals surface area (Å²) in [6.45, 7) is 3.92. The molecular formula is C19H15N5O2S2. The van der Waals surface area contributed by atoms with E-state index in [2.05, 4.69) is 14.8 Å². The summed E-state index contributed by atoms with van der Waals surface area (Å²) in [7, 11) is -3.83. The number of anilines is 1. The van der Waals surface area contributed by atoms with Crippen LogP contribution >= 0.6 is 11.3 Å². The Kier molecular flexibility index (Phi) is 4.37. The first-order valence-electron chi connectivity index (χ1n) is 8.32. The number of aryl methyl sites for hydroxylation is 2. The zero-order valence-electron chi connectivity index (χ0n) is 15.0. The van der Waals surface area contributed by atoms with Crippen LogP contribution in [-0.2, 0) is 10.0 Å². The summed E-state index contributed by atoms with van der Waals surface area (Å²) < 4.78 is 29.3. The predicted molar refractivity (Wildman–Crippen MR) is 108 cm³/mol. The summed E-state index contributed by atoms with van der Waals surface area (Å²) in [6.07, 6.45) is 1.32. The monoisotopic (exact) mass is 409 g/mol. The summed E-state index contributed by atoms with van der Waals surface area (Å²) in [4.78, 5) is 4.67. The highest BCUT2D eigenvalue weighted by Gasteiger charge is 2.22. The minimum atomic E-state index is -3.83. The fourth-order valence-corrected chi connectivity index (χ4v) is 5.00. The molecule has 4 rings (SSSR count). The van der Waals surface area contributed by atoms with Crippen LogP contribution in [0, 0.1) is 25.2 Å². The standard InChI is InChI=1S/C19H15N5O2S2/c1-12-5-3-6-15-13(2)9-16(22-18(12)15)24-19(14(10-20)11-21-24)23-28(25,26)17-7-4-8-27-17/h3-9,11,23H,1-2H3. The van der Waals surface area contributed by atoms with E-state index in [1.54, 1.807) is 11.4 Å². The summed E-state index contributed by atoms with van der Waals surface area (Å²) in [5.74, 6) is 0.500. The summed E-state index contributed by atoms with van der Waals surface area (Å²) >= 11 is 1.09. The van der Waals surface area contributed by atoms with Crippen molar-refractivity contribution in [1.82, 2.24) is 14.8 Å². The van der Waals surface area contributed by atoms with Gasteiger partial charge in [0.1, 0.15) is 15.8 Å². The molecular weight excluding hydrogens is 394 g/mol. The van der Waals surface area contributed by atoms with E-state index in [1.165, 1.54) is 16.9 Å². The highest BCUT2D eigenvalue weighted by atomic mass is 32.2. The number of pyridine rings is 1. The van der Waals surface area contributed by atoms with E-state index in [0.29, 0.717) is 5.82 Å². The van der Waals surface area contributed by atoms with Gasteiger partial charge < -0.3 is 0 Å². The first kappa shape index (κ1) is 18.2. The number of rotatable bonds is 4. The lowest BCUT2D eigenvalue weighted by molar-refractivity contribution is 0.602. The smallest absolute Gasteiger partial charge is 0.261 e. The third-order valence-corrected chi connectivity index (χ3v) is 7.07. The normalized spacial score (nSPS) is 11.5. The third kappa shape index (κ3) is 3.02. The lowest BCUT2D eigenvalue weighted by Gasteiger charge is -2.12. The molecule has 0 radical (unpaired) electrons. The number of hydrogen-bond donors (Lipinski definition) is 1. The molecule has 28 heavy (non-hydrogen) atoms. The molecule has 0 aliphatic carbocycles. The Hall–Kier alpha value is -3.22. The molecule has 0 saturated heterocycles. The van der Waals surface area contributed by atoms with Gasteiger partial charge in [-0.3, -0.25) is 4.72 Å². The molecule has 0 spiro atoms. The largest absolute Gasteiger partial charge is 0.272 e. The quantitative estimate of drug-likeness (QED) is 0.553. The van der Waals surface area contributed by atoms with Crippen molar-refractivity contribution in [2.24, 2.45) is 0 Å². The van der Waals surface area contributed by atoms with Gasteiger partial charge in [-0.25, -0.2) is 13.4 Å². The van der Waals surface area contributed by atoms with Gasteiger partial charge in [-0.2, -0.15) is 15.0 Å². The van der Waals surface area contributed by atoms with Crippen LogP contribution in [0.2, 0.25) is 0 Å². The summed E-state index contributed by atoms with van der Waals surface area (Å²) in [6, 6.07) is 12.9. The SMILES string of the molecule is Cc1cc(-n2ncc(C#N)c2NS(=O)(=O)c2cccs2)nc2c(C)cccc12. The number of sulfonamides is 1. The number of aromatic nitrogens is 3. The molecule has 0 atom stereocenters. The number of benzene rings is 1. The van der Waals surface area contributed by atoms with E-state index >= 15 is 0 Å². The third-order valence-electron chi connectivity index (χ3n) is 4.33. The average molecular weight is 409 g/mol. The molecule has 9 heteroatoms. The van der Waals surface area contributed by atoms with Crippen molar-refractivity contribution in [3.8, 4) is 11.9 Å². The van der Waals surface area contributed by atoms with Crippen molar-refractivity contribution in [3.05, 3.63) is 64.7 Å². The van der Waals surface area contributed by atoms with Gasteiger partial charge in [-0.1, -0.05) is 24.3 Å². The molecule has 0 saturated carbocycles. The fraction of sp³-hybridized carbons (Fsp3) is 0.105. The van der Waals surface area contributed by atoms with Crippen LogP contribution in [0.4, 0.5) is 5.82 Å². The Labute approximate surface area is 165 Å². The van der Waals surface area contributed by atoms with Crippen LogP contribution in [0.15, 0.2) is 52.2 Å². The van der Waals surface area contributed by atoms with Crippen LogP contribution in [-0.4, -0.2) is 23.2 Å². The molecule has 7 nitrogen and oxygen atoms in total. The zero-order chi connectivity index (χ0) is 19.9. The molecule has 1 N–H and O–H groups in total. The second kappa shape index (κ2) is 6.74. The van der Waals surface area contributed by atoms with Gasteiger partial charge in [0.15, 0.2) is 11.6 Å². The zero-order valence-corrected chi connectivity index (χ0v) is 16.7. The van der Waals surface area contributed by atoms with Crippen molar-refractivity contribution in [1.29, 1.82) is 5.26 Å². The Balaban J connectivity index is 1.89. The number of thiophene rings is 1. The highest BCUT2D eigenvalue weighted by Crippen LogP contribution is 2.27. The molecule has 140 valence electrons. The lowest BCUT2D eigenvalue weighted by atomic mass is 10.1. The molecule has 0 fully saturated rings. The number of hydrogen-bond acceptors (Lipinski definition) is 6. The fourth-order valence-electron chi connectivity index (χ4n) is 2.95. The number of nitriles is 1. The first-order chi connectivity index (χ1) is 13.4. The van der Waals surface area contributed by atoms with Crippen LogP contribution in [0.25, 0.3) is 16.7 Å². The van der Waals surface area contributed by atoms with Gasteiger partial charge >= 0.3 is 0 Å². The minimum Gasteiger partial charge on any atom is -0.261 e. The molecule has 1 aromatic carbocycles. The van der Waals surface area contributed by atoms with E-state index in [-0.39, 0.29) is 15.6 Å². The van der Waals surface area contributed by atoms with Crippen LogP contribution in [0.5, 0.6) is 0 Å². The first-order valence-corrected chi connectivity index (χ1v) is 10.7. The van der Waals surface area contributed by atoms with E-state index < -0.39 is 10.0 Å². The second-order valence-electron chi connectivity index (χ2n) is 6.24. The highest BCUT2D eigenvalue weighted by molar-refractivity contribution is 7.94. The molecule has 0 aliphatic rings. The minimum absolute atomic E-state index is 0.0655. The van der Waals surface area contributed by atoms with Gasteiger partial charge in [0, 0.05) is 5.39 Å². The predicted octanol–water partition coefficient (Wildman–Crippen LogP) is 3.77. The maximum atomic E-state index is 12.7. The number of nitrogens with one attached hydrogen (secondary N) is 1. The van der Waals surface area contributed by atoms with Crippen LogP contribution in [0.1, 0.15) is 16.7 Å². The van der Waals surface area contributed by atoms with E-state index in [9.17, 15) is 13.7 Å². The Morgan fingerprint density at radius 2 is 2.00 bits per heavy atom. The number of para-hydroxylation sites is 1. The number of nitrogens with zero attached hydrogens (tertiary/aromatic N) is 4. The van der Waals surface area contributed by atoms with Crippen LogP contribution in [0.3, 0.4) is 0 Å². The molecule has 0 amide bonds. The maximum Gasteiger partial charge on any atom is 0.272 e. The Morgan fingerprint density at radius 1 is 1.18 bits per heavy atom. The average Bonchev–Trinajstić information content (AvgIpc) is 3.32. The molecule has 0 unspecified atom stereocenters. The van der Waals surface area contributed by atoms with E-state index in [0.717, 1.165) is 33.4 Å². The number of fused-ring (bicyclic) bond motifs is 1. The maximum absolute atomic E-state index is 12.7. The molecule has 3 heterocycles.